The van der Waals surface area contributed by atoms with Crippen molar-refractivity contribution in [1.29, 1.82) is 0 Å². The molecule has 0 saturated carbocycles. The molecule has 1 aromatic heterocycles. The summed E-state index contributed by atoms with van der Waals surface area (Å²) in [6, 6.07) is 5.71. The number of nitrogens with zero attached hydrogens (tertiary/aromatic N) is 3. The zero-order chi connectivity index (χ0) is 15.9. The van der Waals surface area contributed by atoms with Crippen molar-refractivity contribution in [2.75, 3.05) is 20.0 Å². The average molecular weight is 302 g/mol. The summed E-state index contributed by atoms with van der Waals surface area (Å²) < 4.78 is 11.2. The molecule has 22 heavy (non-hydrogen) atoms. The Kier molecular flexibility index (Phi) is 5.13. The first-order valence-electron chi connectivity index (χ1n) is 6.71. The standard InChI is InChI=1S/C15H18N4O3/c1-4-10-5-6-12(13(7-10)20-2)22-15-11(8-19-21-3)14(16)17-9-18-15/h5-9H,4H2,1-3H3,(H2,16,17,18). The highest BCUT2D eigenvalue weighted by Gasteiger charge is 2.13. The fourth-order valence-electron chi connectivity index (χ4n) is 1.82. The molecule has 0 atom stereocenters. The average Bonchev–Trinajstić information content (AvgIpc) is 2.54. The van der Waals surface area contributed by atoms with Crippen LogP contribution in [-0.2, 0) is 11.3 Å². The lowest BCUT2D eigenvalue weighted by atomic mass is 10.1. The number of hydrogen-bond acceptors (Lipinski definition) is 7. The van der Waals surface area contributed by atoms with E-state index >= 15 is 0 Å². The molecule has 2 aromatic rings. The maximum absolute atomic E-state index is 5.82. The van der Waals surface area contributed by atoms with Crippen LogP contribution in [0.3, 0.4) is 0 Å². The Morgan fingerprint density at radius 1 is 1.23 bits per heavy atom. The molecule has 0 aliphatic heterocycles. The van der Waals surface area contributed by atoms with Crippen LogP contribution >= 0.6 is 0 Å². The first kappa shape index (κ1) is 15.6. The second kappa shape index (κ2) is 7.26. The number of benzene rings is 1. The smallest absolute Gasteiger partial charge is 0.233 e. The van der Waals surface area contributed by atoms with Gasteiger partial charge in [-0.15, -0.1) is 0 Å². The molecule has 0 bridgehead atoms. The van der Waals surface area contributed by atoms with E-state index in [0.29, 0.717) is 17.1 Å². The molecule has 0 aliphatic carbocycles. The number of methoxy groups -OCH3 is 1. The third-order valence-corrected chi connectivity index (χ3v) is 3.01. The summed E-state index contributed by atoms with van der Waals surface area (Å²) in [5, 5.41) is 3.68. The second-order valence-corrected chi connectivity index (χ2v) is 4.34. The fourth-order valence-corrected chi connectivity index (χ4v) is 1.82. The number of rotatable bonds is 6. The van der Waals surface area contributed by atoms with E-state index < -0.39 is 0 Å². The van der Waals surface area contributed by atoms with Crippen LogP contribution in [0.1, 0.15) is 18.1 Å². The third-order valence-electron chi connectivity index (χ3n) is 3.01. The van der Waals surface area contributed by atoms with Crippen LogP contribution in [0.25, 0.3) is 0 Å². The molecule has 7 nitrogen and oxygen atoms in total. The van der Waals surface area contributed by atoms with Gasteiger partial charge in [-0.25, -0.2) is 9.97 Å². The van der Waals surface area contributed by atoms with Gasteiger partial charge in [0.1, 0.15) is 24.8 Å². The lowest BCUT2D eigenvalue weighted by Gasteiger charge is -2.12. The van der Waals surface area contributed by atoms with E-state index in [2.05, 4.69) is 26.9 Å². The zero-order valence-corrected chi connectivity index (χ0v) is 12.7. The monoisotopic (exact) mass is 302 g/mol. The van der Waals surface area contributed by atoms with Crippen LogP contribution < -0.4 is 15.2 Å². The number of aromatic nitrogens is 2. The largest absolute Gasteiger partial charge is 0.493 e. The number of oxime groups is 1. The normalized spacial score (nSPS) is 10.7. The maximum Gasteiger partial charge on any atom is 0.233 e. The molecule has 0 saturated heterocycles. The summed E-state index contributed by atoms with van der Waals surface area (Å²) in [5.74, 6) is 1.67. The van der Waals surface area contributed by atoms with Gasteiger partial charge in [-0.3, -0.25) is 0 Å². The number of ether oxygens (including phenoxy) is 2. The summed E-state index contributed by atoms with van der Waals surface area (Å²) >= 11 is 0. The van der Waals surface area contributed by atoms with Gasteiger partial charge in [0, 0.05) is 0 Å². The molecule has 116 valence electrons. The van der Waals surface area contributed by atoms with Gasteiger partial charge in [0.15, 0.2) is 11.5 Å². The lowest BCUT2D eigenvalue weighted by Crippen LogP contribution is -2.03. The van der Waals surface area contributed by atoms with Crippen LogP contribution in [0, 0.1) is 0 Å². The van der Waals surface area contributed by atoms with Crippen molar-refractivity contribution >= 4 is 12.0 Å². The molecular formula is C15H18N4O3. The van der Waals surface area contributed by atoms with E-state index in [1.165, 1.54) is 19.7 Å². The van der Waals surface area contributed by atoms with E-state index in [1.807, 2.05) is 18.2 Å². The van der Waals surface area contributed by atoms with Gasteiger partial charge in [0.2, 0.25) is 5.88 Å². The van der Waals surface area contributed by atoms with E-state index in [0.717, 1.165) is 12.0 Å². The quantitative estimate of drug-likeness (QED) is 0.650. The first-order valence-corrected chi connectivity index (χ1v) is 6.71. The first-order chi connectivity index (χ1) is 10.7. The van der Waals surface area contributed by atoms with Gasteiger partial charge in [-0.2, -0.15) is 0 Å². The van der Waals surface area contributed by atoms with Crippen molar-refractivity contribution in [2.24, 2.45) is 5.16 Å². The van der Waals surface area contributed by atoms with E-state index in [-0.39, 0.29) is 11.7 Å². The molecule has 1 aromatic carbocycles. The minimum absolute atomic E-state index is 0.245. The minimum Gasteiger partial charge on any atom is -0.493 e. The third kappa shape index (κ3) is 3.43. The van der Waals surface area contributed by atoms with Crippen molar-refractivity contribution < 1.29 is 14.3 Å². The maximum atomic E-state index is 5.82. The predicted molar refractivity (Wildman–Crippen MR) is 83.5 cm³/mol. The van der Waals surface area contributed by atoms with Crippen LogP contribution in [-0.4, -0.2) is 30.4 Å². The van der Waals surface area contributed by atoms with Crippen molar-refractivity contribution in [2.45, 2.75) is 13.3 Å². The number of hydrogen-bond donors (Lipinski definition) is 1. The molecule has 0 spiro atoms. The van der Waals surface area contributed by atoms with Crippen LogP contribution in [0.15, 0.2) is 29.7 Å². The minimum atomic E-state index is 0.245. The van der Waals surface area contributed by atoms with Crippen molar-refractivity contribution in [1.82, 2.24) is 9.97 Å². The highest BCUT2D eigenvalue weighted by Crippen LogP contribution is 2.33. The number of aryl methyl sites for hydroxylation is 1. The summed E-state index contributed by atoms with van der Waals surface area (Å²) in [6.07, 6.45) is 3.63. The Morgan fingerprint density at radius 3 is 2.73 bits per heavy atom. The van der Waals surface area contributed by atoms with Crippen molar-refractivity contribution in [3.63, 3.8) is 0 Å². The van der Waals surface area contributed by atoms with Gasteiger partial charge in [0.25, 0.3) is 0 Å². The highest BCUT2D eigenvalue weighted by molar-refractivity contribution is 5.88. The Hall–Kier alpha value is -2.83. The lowest BCUT2D eigenvalue weighted by molar-refractivity contribution is 0.215. The van der Waals surface area contributed by atoms with Crippen molar-refractivity contribution in [3.05, 3.63) is 35.7 Å². The van der Waals surface area contributed by atoms with E-state index in [1.54, 1.807) is 7.11 Å². The van der Waals surface area contributed by atoms with Crippen LogP contribution in [0.5, 0.6) is 17.4 Å². The zero-order valence-electron chi connectivity index (χ0n) is 12.7. The van der Waals surface area contributed by atoms with Crippen LogP contribution in [0.4, 0.5) is 5.82 Å². The molecule has 7 heteroatoms. The Labute approximate surface area is 128 Å². The predicted octanol–water partition coefficient (Wildman–Crippen LogP) is 2.40. The molecule has 2 rings (SSSR count). The SMILES string of the molecule is CCc1ccc(Oc2ncnc(N)c2C=NOC)c(OC)c1. The van der Waals surface area contributed by atoms with E-state index in [9.17, 15) is 0 Å². The van der Waals surface area contributed by atoms with Gasteiger partial charge in [-0.1, -0.05) is 18.1 Å². The summed E-state index contributed by atoms with van der Waals surface area (Å²) in [4.78, 5) is 12.7. The second-order valence-electron chi connectivity index (χ2n) is 4.34. The number of anilines is 1. The molecule has 0 amide bonds. The van der Waals surface area contributed by atoms with E-state index in [4.69, 9.17) is 15.2 Å². The van der Waals surface area contributed by atoms with Crippen molar-refractivity contribution in [3.8, 4) is 17.4 Å². The molecule has 1 heterocycles. The Balaban J connectivity index is 2.39. The van der Waals surface area contributed by atoms with Gasteiger partial charge >= 0.3 is 0 Å². The summed E-state index contributed by atoms with van der Waals surface area (Å²) in [5.41, 5.74) is 7.40. The van der Waals surface area contributed by atoms with Gasteiger partial charge in [-0.05, 0) is 24.1 Å². The molecule has 2 N–H and O–H groups in total. The molecule has 0 unspecified atom stereocenters. The number of nitrogen functional groups attached to an aromatic ring is 1. The summed E-state index contributed by atoms with van der Waals surface area (Å²) in [6.45, 7) is 2.07. The van der Waals surface area contributed by atoms with Crippen LogP contribution in [0.2, 0.25) is 0 Å². The summed E-state index contributed by atoms with van der Waals surface area (Å²) in [7, 11) is 3.02. The number of nitrogens with two attached hydrogens (primary N) is 1. The van der Waals surface area contributed by atoms with Gasteiger partial charge in [0.05, 0.1) is 13.3 Å². The van der Waals surface area contributed by atoms with Gasteiger partial charge < -0.3 is 20.0 Å². The molecule has 0 aliphatic rings. The highest BCUT2D eigenvalue weighted by atomic mass is 16.6. The molecule has 0 fully saturated rings. The molecule has 0 radical (unpaired) electrons. The molecular weight excluding hydrogens is 284 g/mol. The Bertz CT molecular complexity index is 674. The fraction of sp³-hybridized carbons (Fsp3) is 0.267. The topological polar surface area (TPSA) is 91.9 Å². The Morgan fingerprint density at radius 2 is 2.05 bits per heavy atom.